The molecule has 1 atom stereocenters. The highest BCUT2D eigenvalue weighted by Crippen LogP contribution is 2.17. The maximum Gasteiger partial charge on any atom is 0.345 e. The number of carboxylic acid groups (broad SMARTS) is 1. The first-order valence-corrected chi connectivity index (χ1v) is 7.82. The lowest BCUT2D eigenvalue weighted by molar-refractivity contribution is -0.173. The molecular formula is C17H22N2O5. The molecule has 2 rings (SSSR count). The number of methoxy groups -OCH3 is 1. The van der Waals surface area contributed by atoms with E-state index in [4.69, 9.17) is 4.74 Å². The van der Waals surface area contributed by atoms with Crippen LogP contribution in [0, 0.1) is 0 Å². The molecule has 1 N–H and O–H groups in total. The van der Waals surface area contributed by atoms with Gasteiger partial charge in [-0.3, -0.25) is 9.59 Å². The Morgan fingerprint density at radius 2 is 1.62 bits per heavy atom. The molecule has 0 spiro atoms. The van der Waals surface area contributed by atoms with Gasteiger partial charge in [0.2, 0.25) is 5.60 Å². The van der Waals surface area contributed by atoms with Crippen molar-refractivity contribution in [2.45, 2.75) is 18.9 Å². The minimum atomic E-state index is -1.90. The van der Waals surface area contributed by atoms with Crippen molar-refractivity contribution in [1.82, 2.24) is 9.80 Å². The number of carboxylic acids is 1. The molecule has 130 valence electrons. The molecular weight excluding hydrogens is 312 g/mol. The molecule has 7 nitrogen and oxygen atoms in total. The number of amides is 2. The lowest BCUT2D eigenvalue weighted by Gasteiger charge is -2.29. The van der Waals surface area contributed by atoms with Crippen molar-refractivity contribution >= 4 is 17.8 Å². The third-order valence-electron chi connectivity index (χ3n) is 4.32. The van der Waals surface area contributed by atoms with Crippen LogP contribution in [0.2, 0.25) is 0 Å². The molecule has 1 aromatic rings. The van der Waals surface area contributed by atoms with Crippen molar-refractivity contribution in [2.24, 2.45) is 0 Å². The average Bonchev–Trinajstić information content (AvgIpc) is 2.86. The third-order valence-corrected chi connectivity index (χ3v) is 4.32. The fourth-order valence-electron chi connectivity index (χ4n) is 2.65. The van der Waals surface area contributed by atoms with Crippen LogP contribution in [0.3, 0.4) is 0 Å². The standard InChI is InChI=1S/C17H22N2O5/c1-17(24-2,16(22)23)15(21)19-10-6-9-18(11-12-19)14(20)13-7-4-3-5-8-13/h3-5,7-8H,6,9-12H2,1-2H3,(H,22,23). The SMILES string of the molecule is COC(C)(C(=O)O)C(=O)N1CCCN(C(=O)c2ccccc2)CC1. The van der Waals surface area contributed by atoms with Gasteiger partial charge in [0.25, 0.3) is 11.8 Å². The molecule has 1 fully saturated rings. The zero-order chi connectivity index (χ0) is 17.7. The fourth-order valence-corrected chi connectivity index (χ4v) is 2.65. The summed E-state index contributed by atoms with van der Waals surface area (Å²) in [5.74, 6) is -2.00. The Bertz CT molecular complexity index is 619. The molecule has 0 radical (unpaired) electrons. The first-order chi connectivity index (χ1) is 11.4. The molecule has 1 saturated heterocycles. The van der Waals surface area contributed by atoms with Gasteiger partial charge < -0.3 is 19.6 Å². The second-order valence-corrected chi connectivity index (χ2v) is 5.85. The molecule has 1 unspecified atom stereocenters. The molecule has 1 aromatic carbocycles. The first kappa shape index (κ1) is 17.9. The van der Waals surface area contributed by atoms with E-state index in [0.29, 0.717) is 31.6 Å². The third kappa shape index (κ3) is 3.56. The van der Waals surface area contributed by atoms with Gasteiger partial charge >= 0.3 is 5.97 Å². The molecule has 1 aliphatic rings. The van der Waals surface area contributed by atoms with E-state index in [9.17, 15) is 19.5 Å². The predicted octanol–water partition coefficient (Wildman–Crippen LogP) is 0.851. The van der Waals surface area contributed by atoms with Crippen molar-refractivity contribution < 1.29 is 24.2 Å². The summed E-state index contributed by atoms with van der Waals surface area (Å²) in [5, 5.41) is 9.26. The molecule has 1 heterocycles. The Balaban J connectivity index is 2.06. The highest BCUT2D eigenvalue weighted by atomic mass is 16.5. The second-order valence-electron chi connectivity index (χ2n) is 5.85. The van der Waals surface area contributed by atoms with Gasteiger partial charge in [-0.05, 0) is 25.5 Å². The first-order valence-electron chi connectivity index (χ1n) is 7.82. The lowest BCUT2D eigenvalue weighted by atomic mass is 10.1. The van der Waals surface area contributed by atoms with Crippen LogP contribution < -0.4 is 0 Å². The number of benzene rings is 1. The molecule has 7 heteroatoms. The van der Waals surface area contributed by atoms with E-state index in [1.165, 1.54) is 18.9 Å². The van der Waals surface area contributed by atoms with Crippen LogP contribution in [0.4, 0.5) is 0 Å². The molecule has 0 bridgehead atoms. The quantitative estimate of drug-likeness (QED) is 0.825. The van der Waals surface area contributed by atoms with Crippen LogP contribution in [0.1, 0.15) is 23.7 Å². The van der Waals surface area contributed by atoms with Crippen molar-refractivity contribution in [3.8, 4) is 0 Å². The predicted molar refractivity (Wildman–Crippen MR) is 86.6 cm³/mol. The Hall–Kier alpha value is -2.41. The number of ether oxygens (including phenoxy) is 1. The number of rotatable bonds is 4. The van der Waals surface area contributed by atoms with E-state index < -0.39 is 17.5 Å². The molecule has 0 saturated carbocycles. The molecule has 1 aliphatic heterocycles. The number of aliphatic carboxylic acids is 1. The average molecular weight is 334 g/mol. The summed E-state index contributed by atoms with van der Waals surface area (Å²) >= 11 is 0. The number of nitrogens with zero attached hydrogens (tertiary/aromatic N) is 2. The van der Waals surface area contributed by atoms with Gasteiger partial charge in [-0.25, -0.2) is 4.79 Å². The summed E-state index contributed by atoms with van der Waals surface area (Å²) < 4.78 is 4.93. The number of hydrogen-bond donors (Lipinski definition) is 1. The van der Waals surface area contributed by atoms with Crippen LogP contribution >= 0.6 is 0 Å². The van der Waals surface area contributed by atoms with Crippen molar-refractivity contribution in [3.05, 3.63) is 35.9 Å². The summed E-state index contributed by atoms with van der Waals surface area (Å²) in [7, 11) is 1.20. The maximum atomic E-state index is 12.5. The molecule has 2 amide bonds. The highest BCUT2D eigenvalue weighted by Gasteiger charge is 2.44. The summed E-state index contributed by atoms with van der Waals surface area (Å²) in [4.78, 5) is 39.5. The number of hydrogen-bond acceptors (Lipinski definition) is 4. The fraction of sp³-hybridized carbons (Fsp3) is 0.471. The molecule has 0 aliphatic carbocycles. The highest BCUT2D eigenvalue weighted by molar-refractivity contribution is 6.05. The van der Waals surface area contributed by atoms with Crippen molar-refractivity contribution in [3.63, 3.8) is 0 Å². The van der Waals surface area contributed by atoms with Crippen LogP contribution in [-0.2, 0) is 14.3 Å². The van der Waals surface area contributed by atoms with Crippen LogP contribution in [0.5, 0.6) is 0 Å². The minimum Gasteiger partial charge on any atom is -0.479 e. The summed E-state index contributed by atoms with van der Waals surface area (Å²) in [6.07, 6.45) is 0.587. The van der Waals surface area contributed by atoms with E-state index in [-0.39, 0.29) is 12.5 Å². The van der Waals surface area contributed by atoms with Crippen LogP contribution in [-0.4, -0.2) is 71.6 Å². The van der Waals surface area contributed by atoms with Crippen LogP contribution in [0.15, 0.2) is 30.3 Å². The maximum absolute atomic E-state index is 12.5. The van der Waals surface area contributed by atoms with Gasteiger partial charge in [0, 0.05) is 38.9 Å². The van der Waals surface area contributed by atoms with Gasteiger partial charge in [0.05, 0.1) is 0 Å². The number of carbonyl (C=O) groups is 3. The monoisotopic (exact) mass is 334 g/mol. The van der Waals surface area contributed by atoms with Crippen LogP contribution in [0.25, 0.3) is 0 Å². The molecule has 24 heavy (non-hydrogen) atoms. The lowest BCUT2D eigenvalue weighted by Crippen LogP contribution is -2.54. The van der Waals surface area contributed by atoms with E-state index in [1.807, 2.05) is 6.07 Å². The Morgan fingerprint density at radius 1 is 1.04 bits per heavy atom. The van der Waals surface area contributed by atoms with E-state index in [1.54, 1.807) is 29.2 Å². The second kappa shape index (κ2) is 7.44. The zero-order valence-corrected chi connectivity index (χ0v) is 13.9. The Morgan fingerprint density at radius 3 is 2.21 bits per heavy atom. The van der Waals surface area contributed by atoms with Gasteiger partial charge in [0.15, 0.2) is 0 Å². The Labute approximate surface area is 140 Å². The summed E-state index contributed by atoms with van der Waals surface area (Å²) in [6, 6.07) is 8.96. The normalized spacial score (nSPS) is 17.8. The zero-order valence-electron chi connectivity index (χ0n) is 13.9. The van der Waals surface area contributed by atoms with Gasteiger partial charge in [-0.1, -0.05) is 18.2 Å². The Kier molecular flexibility index (Phi) is 5.56. The minimum absolute atomic E-state index is 0.0855. The number of carbonyl (C=O) groups excluding carboxylic acids is 2. The van der Waals surface area contributed by atoms with E-state index in [0.717, 1.165) is 0 Å². The largest absolute Gasteiger partial charge is 0.479 e. The molecule has 0 aromatic heterocycles. The smallest absolute Gasteiger partial charge is 0.345 e. The van der Waals surface area contributed by atoms with E-state index >= 15 is 0 Å². The van der Waals surface area contributed by atoms with E-state index in [2.05, 4.69) is 0 Å². The summed E-state index contributed by atoms with van der Waals surface area (Å²) in [6.45, 7) is 2.80. The van der Waals surface area contributed by atoms with Gasteiger partial charge in [-0.2, -0.15) is 0 Å². The van der Waals surface area contributed by atoms with Crippen molar-refractivity contribution in [2.75, 3.05) is 33.3 Å². The van der Waals surface area contributed by atoms with Crippen molar-refractivity contribution in [1.29, 1.82) is 0 Å². The van der Waals surface area contributed by atoms with Gasteiger partial charge in [0.1, 0.15) is 0 Å². The van der Waals surface area contributed by atoms with Gasteiger partial charge in [-0.15, -0.1) is 0 Å². The topological polar surface area (TPSA) is 87.2 Å². The summed E-state index contributed by atoms with van der Waals surface area (Å²) in [5.41, 5.74) is -1.30.